The molecule has 6 heteroatoms. The number of para-hydroxylation sites is 1. The Hall–Kier alpha value is -2.24. The molecule has 3 N–H and O–H groups in total. The monoisotopic (exact) mass is 290 g/mol. The molecule has 1 saturated carbocycles. The first kappa shape index (κ1) is 13.7. The Morgan fingerprint density at radius 3 is 2.76 bits per heavy atom. The molecule has 1 aromatic rings. The molecule has 2 amide bonds. The molecule has 1 atom stereocenters. The summed E-state index contributed by atoms with van der Waals surface area (Å²) in [6.07, 6.45) is 2.34. The Balaban J connectivity index is 1.61. The van der Waals surface area contributed by atoms with E-state index in [0.29, 0.717) is 19.4 Å². The molecule has 0 saturated heterocycles. The average Bonchev–Trinajstić information content (AvgIpc) is 2.79. The van der Waals surface area contributed by atoms with Gasteiger partial charge in [0.15, 0.2) is 0 Å². The lowest BCUT2D eigenvalue weighted by Gasteiger charge is -2.41. The number of carboxylic acid groups (broad SMARTS) is 1. The van der Waals surface area contributed by atoms with Gasteiger partial charge in [0.25, 0.3) is 0 Å². The molecule has 112 valence electrons. The summed E-state index contributed by atoms with van der Waals surface area (Å²) in [6, 6.07) is 7.05. The summed E-state index contributed by atoms with van der Waals surface area (Å²) < 4.78 is 5.51. The third-order valence-electron chi connectivity index (χ3n) is 4.18. The molecular formula is C15H18N2O4. The van der Waals surface area contributed by atoms with E-state index in [1.165, 1.54) is 0 Å². The zero-order chi connectivity index (χ0) is 14.9. The van der Waals surface area contributed by atoms with Gasteiger partial charge in [-0.3, -0.25) is 4.79 Å². The quantitative estimate of drug-likeness (QED) is 0.789. The minimum absolute atomic E-state index is 0.0296. The highest BCUT2D eigenvalue weighted by molar-refractivity contribution is 5.77. The van der Waals surface area contributed by atoms with Crippen molar-refractivity contribution < 1.29 is 19.4 Å². The summed E-state index contributed by atoms with van der Waals surface area (Å²) in [4.78, 5) is 23.0. The number of hydrogen-bond donors (Lipinski definition) is 3. The van der Waals surface area contributed by atoms with Crippen molar-refractivity contribution in [3.63, 3.8) is 0 Å². The molecule has 1 unspecified atom stereocenters. The maximum atomic E-state index is 12.1. The molecule has 0 bridgehead atoms. The van der Waals surface area contributed by atoms with Gasteiger partial charge in [-0.25, -0.2) is 4.79 Å². The van der Waals surface area contributed by atoms with Crippen LogP contribution in [0.1, 0.15) is 37.3 Å². The summed E-state index contributed by atoms with van der Waals surface area (Å²) in [5, 5.41) is 14.6. The molecule has 1 aromatic carbocycles. The lowest BCUT2D eigenvalue weighted by Crippen LogP contribution is -2.57. The molecule has 0 radical (unpaired) electrons. The van der Waals surface area contributed by atoms with Crippen molar-refractivity contribution in [2.24, 2.45) is 0 Å². The zero-order valence-electron chi connectivity index (χ0n) is 11.6. The summed E-state index contributed by atoms with van der Waals surface area (Å²) in [7, 11) is 0. The normalized spacial score (nSPS) is 21.6. The van der Waals surface area contributed by atoms with Gasteiger partial charge in [0.1, 0.15) is 12.4 Å². The smallest absolute Gasteiger partial charge is 0.315 e. The van der Waals surface area contributed by atoms with E-state index in [-0.39, 0.29) is 18.5 Å². The second-order valence-corrected chi connectivity index (χ2v) is 5.70. The fourth-order valence-corrected chi connectivity index (χ4v) is 2.96. The first-order chi connectivity index (χ1) is 10.1. The highest BCUT2D eigenvalue weighted by Gasteiger charge is 2.41. The minimum atomic E-state index is -0.885. The molecule has 1 aliphatic heterocycles. The maximum absolute atomic E-state index is 12.1. The first-order valence-electron chi connectivity index (χ1n) is 7.10. The van der Waals surface area contributed by atoms with Crippen LogP contribution in [0.3, 0.4) is 0 Å². The second-order valence-electron chi connectivity index (χ2n) is 5.70. The van der Waals surface area contributed by atoms with Gasteiger partial charge in [0, 0.05) is 5.56 Å². The fraction of sp³-hybridized carbons (Fsp3) is 0.467. The Labute approximate surface area is 122 Å². The van der Waals surface area contributed by atoms with Crippen LogP contribution in [0.5, 0.6) is 5.75 Å². The highest BCUT2D eigenvalue weighted by Crippen LogP contribution is 2.35. The Morgan fingerprint density at radius 2 is 2.10 bits per heavy atom. The Bertz CT molecular complexity index is 569. The summed E-state index contributed by atoms with van der Waals surface area (Å²) in [5.74, 6) is -0.101. The van der Waals surface area contributed by atoms with Gasteiger partial charge in [0.2, 0.25) is 0 Å². The lowest BCUT2D eigenvalue weighted by molar-refractivity contribution is -0.139. The predicted octanol–water partition coefficient (Wildman–Crippen LogP) is 1.82. The van der Waals surface area contributed by atoms with E-state index in [0.717, 1.165) is 17.7 Å². The molecule has 6 nitrogen and oxygen atoms in total. The third kappa shape index (κ3) is 2.79. The highest BCUT2D eigenvalue weighted by atomic mass is 16.5. The number of hydrogen-bond acceptors (Lipinski definition) is 3. The molecule has 21 heavy (non-hydrogen) atoms. The molecule has 1 fully saturated rings. The number of rotatable bonds is 4. The van der Waals surface area contributed by atoms with Crippen LogP contribution in [-0.4, -0.2) is 29.3 Å². The molecule has 2 aliphatic rings. The van der Waals surface area contributed by atoms with Crippen LogP contribution in [0.4, 0.5) is 4.79 Å². The van der Waals surface area contributed by atoms with Gasteiger partial charge in [-0.15, -0.1) is 0 Å². The van der Waals surface area contributed by atoms with Crippen LogP contribution < -0.4 is 15.4 Å². The van der Waals surface area contributed by atoms with Crippen molar-refractivity contribution >= 4 is 12.0 Å². The van der Waals surface area contributed by atoms with E-state index in [9.17, 15) is 9.59 Å². The van der Waals surface area contributed by atoms with Crippen LogP contribution >= 0.6 is 0 Å². The number of carbonyl (C=O) groups excluding carboxylic acids is 1. The van der Waals surface area contributed by atoms with Crippen molar-refractivity contribution in [2.75, 3.05) is 6.61 Å². The van der Waals surface area contributed by atoms with Crippen molar-refractivity contribution in [3.8, 4) is 5.75 Å². The number of ether oxygens (including phenoxy) is 1. The van der Waals surface area contributed by atoms with E-state index < -0.39 is 11.5 Å². The van der Waals surface area contributed by atoms with Gasteiger partial charge < -0.3 is 20.5 Å². The van der Waals surface area contributed by atoms with Crippen molar-refractivity contribution in [2.45, 2.75) is 37.3 Å². The number of carbonyl (C=O) groups is 2. The predicted molar refractivity (Wildman–Crippen MR) is 75.2 cm³/mol. The summed E-state index contributed by atoms with van der Waals surface area (Å²) in [5.41, 5.74) is 0.364. The standard InChI is InChI=1S/C15H18N2O4/c18-13(19)8-15(6-3-7-15)17-14(20)16-11-9-21-12-5-2-1-4-10(11)12/h1-2,4-5,11H,3,6-9H2,(H,18,19)(H2,16,17,20). The van der Waals surface area contributed by atoms with Crippen LogP contribution in [-0.2, 0) is 4.79 Å². The number of fused-ring (bicyclic) bond motifs is 1. The van der Waals surface area contributed by atoms with Gasteiger partial charge in [-0.2, -0.15) is 0 Å². The van der Waals surface area contributed by atoms with Gasteiger partial charge in [-0.1, -0.05) is 18.2 Å². The zero-order valence-corrected chi connectivity index (χ0v) is 11.6. The largest absolute Gasteiger partial charge is 0.491 e. The molecule has 1 aliphatic carbocycles. The number of carboxylic acids is 1. The molecule has 0 spiro atoms. The molecule has 0 aromatic heterocycles. The van der Waals surface area contributed by atoms with Crippen molar-refractivity contribution in [1.82, 2.24) is 10.6 Å². The van der Waals surface area contributed by atoms with Crippen molar-refractivity contribution in [3.05, 3.63) is 29.8 Å². The Morgan fingerprint density at radius 1 is 1.33 bits per heavy atom. The van der Waals surface area contributed by atoms with E-state index in [1.54, 1.807) is 0 Å². The average molecular weight is 290 g/mol. The van der Waals surface area contributed by atoms with Crippen LogP contribution in [0.2, 0.25) is 0 Å². The number of aliphatic carboxylic acids is 1. The van der Waals surface area contributed by atoms with Crippen molar-refractivity contribution in [1.29, 1.82) is 0 Å². The third-order valence-corrected chi connectivity index (χ3v) is 4.18. The summed E-state index contributed by atoms with van der Waals surface area (Å²) in [6.45, 7) is 0.401. The number of nitrogens with one attached hydrogen (secondary N) is 2. The van der Waals surface area contributed by atoms with E-state index in [2.05, 4.69) is 10.6 Å². The number of benzene rings is 1. The number of amides is 2. The van der Waals surface area contributed by atoms with E-state index in [4.69, 9.17) is 9.84 Å². The van der Waals surface area contributed by atoms with E-state index in [1.807, 2.05) is 24.3 Å². The second kappa shape index (κ2) is 5.27. The van der Waals surface area contributed by atoms with Crippen LogP contribution in [0.25, 0.3) is 0 Å². The minimum Gasteiger partial charge on any atom is -0.491 e. The first-order valence-corrected chi connectivity index (χ1v) is 7.10. The fourth-order valence-electron chi connectivity index (χ4n) is 2.96. The molecule has 1 heterocycles. The molecule has 3 rings (SSSR count). The van der Waals surface area contributed by atoms with Crippen LogP contribution in [0.15, 0.2) is 24.3 Å². The SMILES string of the molecule is O=C(O)CC1(NC(=O)NC2COc3ccccc32)CCC1. The van der Waals surface area contributed by atoms with Gasteiger partial charge in [-0.05, 0) is 25.3 Å². The number of urea groups is 1. The topological polar surface area (TPSA) is 87.7 Å². The van der Waals surface area contributed by atoms with Gasteiger partial charge in [0.05, 0.1) is 18.0 Å². The summed E-state index contributed by atoms with van der Waals surface area (Å²) >= 11 is 0. The van der Waals surface area contributed by atoms with E-state index >= 15 is 0 Å². The van der Waals surface area contributed by atoms with Gasteiger partial charge >= 0.3 is 12.0 Å². The maximum Gasteiger partial charge on any atom is 0.315 e. The Kier molecular flexibility index (Phi) is 3.45. The molecular weight excluding hydrogens is 272 g/mol. The lowest BCUT2D eigenvalue weighted by atomic mass is 9.74. The van der Waals surface area contributed by atoms with Crippen LogP contribution in [0, 0.1) is 0 Å².